The quantitative estimate of drug-likeness (QED) is 0.535. The van der Waals surface area contributed by atoms with Gasteiger partial charge in [-0.05, 0) is 0 Å². The first-order valence-electron chi connectivity index (χ1n) is 3.85. The van der Waals surface area contributed by atoms with Gasteiger partial charge in [-0.15, -0.1) is 0 Å². The van der Waals surface area contributed by atoms with Crippen LogP contribution in [-0.2, 0) is 9.47 Å². The fourth-order valence-electron chi connectivity index (χ4n) is 1.17. The maximum atomic E-state index is 5.67. The van der Waals surface area contributed by atoms with Gasteiger partial charge < -0.3 is 14.5 Å². The molecule has 12 heavy (non-hydrogen) atoms. The highest BCUT2D eigenvalue weighted by Gasteiger charge is 2.24. The van der Waals surface area contributed by atoms with Gasteiger partial charge in [0.25, 0.3) is 0 Å². The molecule has 0 spiro atoms. The lowest BCUT2D eigenvalue weighted by molar-refractivity contribution is -0.0300. The monoisotopic (exact) mass is 169 g/mol. The Balaban J connectivity index is 2.09. The predicted octanol–water partition coefficient (Wildman–Crippen LogP) is -0.539. The van der Waals surface area contributed by atoms with E-state index in [1.165, 1.54) is 0 Å². The first kappa shape index (κ1) is 7.72. The number of ether oxygens (including phenoxy) is 2. The first-order valence-corrected chi connectivity index (χ1v) is 3.85. The van der Waals surface area contributed by atoms with Gasteiger partial charge in [-0.2, -0.15) is 0 Å². The smallest absolute Gasteiger partial charge is 0.201 e. The van der Waals surface area contributed by atoms with E-state index in [2.05, 4.69) is 4.99 Å². The Kier molecular flexibility index (Phi) is 2.07. The molecule has 0 aromatic rings. The summed E-state index contributed by atoms with van der Waals surface area (Å²) >= 11 is 0. The van der Waals surface area contributed by atoms with Gasteiger partial charge in [0.1, 0.15) is 5.70 Å². The molecule has 0 saturated carbocycles. The Bertz CT molecular complexity index is 221. The van der Waals surface area contributed by atoms with Gasteiger partial charge in [-0.3, -0.25) is 4.99 Å². The molecule has 2 heterocycles. The molecule has 2 rings (SSSR count). The van der Waals surface area contributed by atoms with E-state index in [1.54, 1.807) is 17.4 Å². The highest BCUT2D eigenvalue weighted by Crippen LogP contribution is 2.16. The summed E-state index contributed by atoms with van der Waals surface area (Å²) in [6, 6.07) is 0. The van der Waals surface area contributed by atoms with Crippen LogP contribution < -0.4 is 5.84 Å². The fourth-order valence-corrected chi connectivity index (χ4v) is 1.17. The van der Waals surface area contributed by atoms with Gasteiger partial charge in [0.05, 0.1) is 26.0 Å². The first-order chi connectivity index (χ1) is 5.88. The standard InChI is InChI=1S/C7H11N3O2/c8-10-2-1-9-5-6(10)7-11-3-4-12-7/h1,5,7H,2-4,8H2. The molecule has 2 aliphatic heterocycles. The second-order valence-corrected chi connectivity index (χ2v) is 2.61. The Morgan fingerprint density at radius 1 is 1.50 bits per heavy atom. The molecule has 0 radical (unpaired) electrons. The van der Waals surface area contributed by atoms with Crippen LogP contribution in [0, 0.1) is 0 Å². The van der Waals surface area contributed by atoms with E-state index >= 15 is 0 Å². The number of hydrogen-bond acceptors (Lipinski definition) is 5. The van der Waals surface area contributed by atoms with Crippen molar-refractivity contribution in [2.75, 3.05) is 19.8 Å². The molecule has 0 aliphatic carbocycles. The van der Waals surface area contributed by atoms with Gasteiger partial charge in [0, 0.05) is 6.21 Å². The number of hydrogen-bond donors (Lipinski definition) is 1. The molecule has 2 N–H and O–H groups in total. The second kappa shape index (κ2) is 3.22. The lowest BCUT2D eigenvalue weighted by atomic mass is 10.4. The topological polar surface area (TPSA) is 60.1 Å². The summed E-state index contributed by atoms with van der Waals surface area (Å²) in [4.78, 5) is 3.98. The molecule has 0 amide bonds. The lowest BCUT2D eigenvalue weighted by Crippen LogP contribution is -2.38. The van der Waals surface area contributed by atoms with Crippen LogP contribution >= 0.6 is 0 Å². The van der Waals surface area contributed by atoms with E-state index < -0.39 is 0 Å². The fraction of sp³-hybridized carbons (Fsp3) is 0.571. The van der Waals surface area contributed by atoms with Crippen LogP contribution in [0.3, 0.4) is 0 Å². The molecule has 1 fully saturated rings. The van der Waals surface area contributed by atoms with Crippen molar-refractivity contribution < 1.29 is 9.47 Å². The van der Waals surface area contributed by atoms with Gasteiger partial charge in [0.2, 0.25) is 6.29 Å². The molecule has 0 unspecified atom stereocenters. The number of nitrogens with two attached hydrogens (primary N) is 1. The zero-order valence-electron chi connectivity index (χ0n) is 6.64. The summed E-state index contributed by atoms with van der Waals surface area (Å²) in [5.41, 5.74) is 0.787. The summed E-state index contributed by atoms with van der Waals surface area (Å²) in [7, 11) is 0. The summed E-state index contributed by atoms with van der Waals surface area (Å²) in [5.74, 6) is 5.67. The molecule has 1 saturated heterocycles. The van der Waals surface area contributed by atoms with E-state index in [9.17, 15) is 0 Å². The molecule has 2 aliphatic rings. The normalized spacial score (nSPS) is 24.8. The van der Waals surface area contributed by atoms with Gasteiger partial charge >= 0.3 is 0 Å². The molecular formula is C7H11N3O2. The van der Waals surface area contributed by atoms with Crippen molar-refractivity contribution in [2.45, 2.75) is 6.29 Å². The third kappa shape index (κ3) is 1.34. The van der Waals surface area contributed by atoms with Crippen LogP contribution in [0.15, 0.2) is 16.9 Å². The molecule has 66 valence electrons. The van der Waals surface area contributed by atoms with Crippen molar-refractivity contribution in [3.05, 3.63) is 11.9 Å². The number of hydrazine groups is 1. The maximum Gasteiger partial charge on any atom is 0.201 e. The highest BCUT2D eigenvalue weighted by molar-refractivity contribution is 5.62. The second-order valence-electron chi connectivity index (χ2n) is 2.61. The van der Waals surface area contributed by atoms with E-state index in [0.717, 1.165) is 5.70 Å². The van der Waals surface area contributed by atoms with Crippen molar-refractivity contribution in [1.29, 1.82) is 0 Å². The van der Waals surface area contributed by atoms with Gasteiger partial charge in [-0.25, -0.2) is 5.84 Å². The van der Waals surface area contributed by atoms with Crippen LogP contribution in [0.1, 0.15) is 0 Å². The Morgan fingerprint density at radius 3 is 2.92 bits per heavy atom. The van der Waals surface area contributed by atoms with E-state index in [4.69, 9.17) is 15.3 Å². The Labute approximate surface area is 70.4 Å². The van der Waals surface area contributed by atoms with Crippen LogP contribution in [0.2, 0.25) is 0 Å². The lowest BCUT2D eigenvalue weighted by Gasteiger charge is -2.24. The van der Waals surface area contributed by atoms with Crippen LogP contribution in [0.25, 0.3) is 0 Å². The molecule has 0 aromatic carbocycles. The summed E-state index contributed by atoms with van der Waals surface area (Å²) < 4.78 is 10.6. The van der Waals surface area contributed by atoms with Crippen molar-refractivity contribution in [3.8, 4) is 0 Å². The SMILES string of the molecule is NN1CC=NC=C1C1OCCO1. The minimum absolute atomic E-state index is 0.326. The molecule has 0 bridgehead atoms. The number of aliphatic imine (C=N–C) groups is 1. The molecule has 5 nitrogen and oxygen atoms in total. The highest BCUT2D eigenvalue weighted by atomic mass is 16.7. The predicted molar refractivity (Wildman–Crippen MR) is 43.2 cm³/mol. The summed E-state index contributed by atoms with van der Waals surface area (Å²) in [5, 5.41) is 1.57. The largest absolute Gasteiger partial charge is 0.345 e. The van der Waals surface area contributed by atoms with Crippen molar-refractivity contribution >= 4 is 6.21 Å². The van der Waals surface area contributed by atoms with Crippen molar-refractivity contribution in [1.82, 2.24) is 5.01 Å². The third-order valence-electron chi connectivity index (χ3n) is 1.79. The van der Waals surface area contributed by atoms with E-state index in [0.29, 0.717) is 19.8 Å². The third-order valence-corrected chi connectivity index (χ3v) is 1.79. The van der Waals surface area contributed by atoms with Gasteiger partial charge in [-0.1, -0.05) is 0 Å². The van der Waals surface area contributed by atoms with Gasteiger partial charge in [0.15, 0.2) is 0 Å². The Hall–Kier alpha value is -0.910. The maximum absolute atomic E-state index is 5.67. The number of rotatable bonds is 1. The zero-order valence-corrected chi connectivity index (χ0v) is 6.64. The van der Waals surface area contributed by atoms with Crippen LogP contribution in [0.5, 0.6) is 0 Å². The number of nitrogens with zero attached hydrogens (tertiary/aromatic N) is 2. The minimum Gasteiger partial charge on any atom is -0.345 e. The summed E-state index contributed by atoms with van der Waals surface area (Å²) in [6.07, 6.45) is 3.07. The molecule has 0 aromatic heterocycles. The molecule has 0 atom stereocenters. The zero-order chi connectivity index (χ0) is 8.39. The van der Waals surface area contributed by atoms with Crippen LogP contribution in [-0.4, -0.2) is 37.3 Å². The van der Waals surface area contributed by atoms with E-state index in [-0.39, 0.29) is 6.29 Å². The minimum atomic E-state index is -0.326. The average Bonchev–Trinajstić information content (AvgIpc) is 2.57. The Morgan fingerprint density at radius 2 is 2.25 bits per heavy atom. The van der Waals surface area contributed by atoms with Crippen molar-refractivity contribution in [3.63, 3.8) is 0 Å². The van der Waals surface area contributed by atoms with E-state index in [1.807, 2.05) is 0 Å². The molecular weight excluding hydrogens is 158 g/mol. The average molecular weight is 169 g/mol. The molecule has 5 heteroatoms. The van der Waals surface area contributed by atoms with Crippen molar-refractivity contribution in [2.24, 2.45) is 10.8 Å². The summed E-state index contributed by atoms with van der Waals surface area (Å²) in [6.45, 7) is 1.86. The van der Waals surface area contributed by atoms with Crippen LogP contribution in [0.4, 0.5) is 0 Å².